The molecule has 4 heteroatoms. The van der Waals surface area contributed by atoms with Gasteiger partial charge in [0.25, 0.3) is 5.91 Å². The first-order chi connectivity index (χ1) is 13.4. The molecule has 2 rings (SSSR count). The summed E-state index contributed by atoms with van der Waals surface area (Å²) in [6.07, 6.45) is 5.69. The molecule has 4 nitrogen and oxygen atoms in total. The number of carbonyl (C=O) groups is 2. The van der Waals surface area contributed by atoms with Crippen LogP contribution in [0.5, 0.6) is 0 Å². The fraction of sp³-hybridized carbons (Fsp3) is 0.680. The van der Waals surface area contributed by atoms with Gasteiger partial charge in [0.1, 0.15) is 0 Å². The molecule has 0 saturated heterocycles. The Bertz CT molecular complexity index is 686. The number of rotatable bonds is 5. The van der Waals surface area contributed by atoms with Gasteiger partial charge in [-0.1, -0.05) is 66.9 Å². The van der Waals surface area contributed by atoms with Gasteiger partial charge in [0.05, 0.1) is 5.56 Å². The maximum atomic E-state index is 12.8. The van der Waals surface area contributed by atoms with Gasteiger partial charge in [-0.05, 0) is 53.9 Å². The zero-order valence-electron chi connectivity index (χ0n) is 19.4. The first-order valence-electron chi connectivity index (χ1n) is 11.1. The maximum absolute atomic E-state index is 12.8. The van der Waals surface area contributed by atoms with Crippen LogP contribution in [0.1, 0.15) is 102 Å². The minimum atomic E-state index is -0.422. The molecule has 1 aliphatic carbocycles. The highest BCUT2D eigenvalue weighted by Crippen LogP contribution is 2.30. The summed E-state index contributed by atoms with van der Waals surface area (Å²) in [7, 11) is 0. The van der Waals surface area contributed by atoms with Gasteiger partial charge < -0.3 is 9.64 Å². The molecule has 1 saturated carbocycles. The summed E-state index contributed by atoms with van der Waals surface area (Å²) in [6.45, 7) is 15.3. The van der Waals surface area contributed by atoms with Crippen molar-refractivity contribution >= 4 is 11.9 Å². The molecule has 0 atom stereocenters. The quantitative estimate of drug-likeness (QED) is 0.602. The summed E-state index contributed by atoms with van der Waals surface area (Å²) in [6, 6.07) is 6.27. The molecule has 0 aromatic heterocycles. The van der Waals surface area contributed by atoms with Crippen LogP contribution in [0, 0.1) is 0 Å². The van der Waals surface area contributed by atoms with E-state index in [-0.39, 0.29) is 29.4 Å². The smallest absolute Gasteiger partial charge is 0.338 e. The number of likely N-dealkylation sites (N-methyl/N-ethyl adjacent to an activating group) is 1. The molecule has 0 heterocycles. The van der Waals surface area contributed by atoms with Gasteiger partial charge in [-0.25, -0.2) is 4.79 Å². The number of benzene rings is 1. The van der Waals surface area contributed by atoms with Crippen molar-refractivity contribution in [3.8, 4) is 0 Å². The molecular weight excluding hydrogens is 362 g/mol. The number of amides is 1. The lowest BCUT2D eigenvalue weighted by atomic mass is 9.79. The second kappa shape index (κ2) is 9.32. The Kier molecular flexibility index (Phi) is 7.53. The molecule has 0 radical (unpaired) electrons. The third kappa shape index (κ3) is 6.32. The van der Waals surface area contributed by atoms with E-state index in [9.17, 15) is 9.59 Å². The first kappa shape index (κ1) is 23.4. The van der Waals surface area contributed by atoms with Gasteiger partial charge in [0.15, 0.2) is 6.61 Å². The molecule has 0 unspecified atom stereocenters. The monoisotopic (exact) mass is 401 g/mol. The highest BCUT2D eigenvalue weighted by molar-refractivity contribution is 5.92. The Hall–Kier alpha value is -1.84. The topological polar surface area (TPSA) is 46.6 Å². The van der Waals surface area contributed by atoms with Gasteiger partial charge in [-0.2, -0.15) is 0 Å². The predicted molar refractivity (Wildman–Crippen MR) is 118 cm³/mol. The van der Waals surface area contributed by atoms with Crippen molar-refractivity contribution in [1.29, 1.82) is 0 Å². The highest BCUT2D eigenvalue weighted by atomic mass is 16.5. The van der Waals surface area contributed by atoms with Crippen molar-refractivity contribution < 1.29 is 14.3 Å². The second-order valence-corrected chi connectivity index (χ2v) is 10.3. The molecule has 0 spiro atoms. The first-order valence-corrected chi connectivity index (χ1v) is 11.1. The zero-order chi connectivity index (χ0) is 21.8. The number of ether oxygens (including phenoxy) is 1. The van der Waals surface area contributed by atoms with Crippen molar-refractivity contribution in [2.24, 2.45) is 0 Å². The van der Waals surface area contributed by atoms with E-state index in [1.807, 2.05) is 24.0 Å². The Morgan fingerprint density at radius 3 is 1.90 bits per heavy atom. The normalized spacial score (nSPS) is 15.8. The summed E-state index contributed by atoms with van der Waals surface area (Å²) in [4.78, 5) is 27.4. The standard InChI is InChI=1S/C25H39NO3/c1-8-26(21-12-10-9-11-13-21)22(27)17-29-23(28)18-14-19(24(2,3)4)16-20(15-18)25(5,6)7/h14-16,21H,8-13,17H2,1-7H3. The van der Waals surface area contributed by atoms with E-state index in [4.69, 9.17) is 4.74 Å². The van der Waals surface area contributed by atoms with Crippen molar-refractivity contribution in [2.45, 2.75) is 97.4 Å². The van der Waals surface area contributed by atoms with E-state index in [2.05, 4.69) is 47.6 Å². The van der Waals surface area contributed by atoms with Crippen molar-refractivity contribution in [3.05, 3.63) is 34.9 Å². The maximum Gasteiger partial charge on any atom is 0.338 e. The van der Waals surface area contributed by atoms with E-state index in [1.54, 1.807) is 0 Å². The molecule has 0 aliphatic heterocycles. The van der Waals surface area contributed by atoms with Crippen LogP contribution in [0.3, 0.4) is 0 Å². The third-order valence-electron chi connectivity index (χ3n) is 5.90. The van der Waals surface area contributed by atoms with E-state index >= 15 is 0 Å². The molecule has 0 N–H and O–H groups in total. The molecule has 0 bridgehead atoms. The number of nitrogens with zero attached hydrogens (tertiary/aromatic N) is 1. The highest BCUT2D eigenvalue weighted by Gasteiger charge is 2.26. The van der Waals surface area contributed by atoms with Crippen molar-refractivity contribution in [1.82, 2.24) is 4.90 Å². The van der Waals surface area contributed by atoms with Crippen LogP contribution in [0.25, 0.3) is 0 Å². The van der Waals surface area contributed by atoms with Crippen molar-refractivity contribution in [2.75, 3.05) is 13.2 Å². The van der Waals surface area contributed by atoms with Crippen LogP contribution >= 0.6 is 0 Å². The minimum absolute atomic E-state index is 0.0773. The Morgan fingerprint density at radius 2 is 1.45 bits per heavy atom. The van der Waals surface area contributed by atoms with Gasteiger partial charge in [-0.3, -0.25) is 4.79 Å². The van der Waals surface area contributed by atoms with E-state index in [1.165, 1.54) is 19.3 Å². The van der Waals surface area contributed by atoms with Gasteiger partial charge in [0, 0.05) is 12.6 Å². The molecule has 1 aliphatic rings. The lowest BCUT2D eigenvalue weighted by Gasteiger charge is -2.33. The number of esters is 1. The zero-order valence-corrected chi connectivity index (χ0v) is 19.4. The minimum Gasteiger partial charge on any atom is -0.452 e. The van der Waals surface area contributed by atoms with E-state index in [0.29, 0.717) is 12.1 Å². The van der Waals surface area contributed by atoms with Gasteiger partial charge in [0.2, 0.25) is 0 Å². The Balaban J connectivity index is 2.14. The largest absolute Gasteiger partial charge is 0.452 e. The molecule has 1 fully saturated rings. The van der Waals surface area contributed by atoms with Crippen LogP contribution in [0.15, 0.2) is 18.2 Å². The summed E-state index contributed by atoms with van der Waals surface area (Å²) >= 11 is 0. The number of hydrogen-bond acceptors (Lipinski definition) is 3. The molecule has 29 heavy (non-hydrogen) atoms. The third-order valence-corrected chi connectivity index (χ3v) is 5.90. The molecule has 1 aromatic rings. The summed E-state index contributed by atoms with van der Waals surface area (Å²) in [5.41, 5.74) is 2.56. The van der Waals surface area contributed by atoms with Crippen LogP contribution in [0.4, 0.5) is 0 Å². The lowest BCUT2D eigenvalue weighted by molar-refractivity contribution is -0.137. The Morgan fingerprint density at radius 1 is 0.931 bits per heavy atom. The summed E-state index contributed by atoms with van der Waals surface area (Å²) in [5, 5.41) is 0. The summed E-state index contributed by atoms with van der Waals surface area (Å²) < 4.78 is 5.47. The van der Waals surface area contributed by atoms with Crippen LogP contribution < -0.4 is 0 Å². The SMILES string of the molecule is CCN(C(=O)COC(=O)c1cc(C(C)(C)C)cc(C(C)(C)C)c1)C1CCCCC1. The fourth-order valence-corrected chi connectivity index (χ4v) is 3.94. The van der Waals surface area contributed by atoms with E-state index in [0.717, 1.165) is 24.0 Å². The van der Waals surface area contributed by atoms with Crippen LogP contribution in [-0.2, 0) is 20.4 Å². The van der Waals surface area contributed by atoms with Gasteiger partial charge in [-0.15, -0.1) is 0 Å². The molecule has 1 aromatic carbocycles. The fourth-order valence-electron chi connectivity index (χ4n) is 3.94. The summed E-state index contributed by atoms with van der Waals surface area (Å²) in [5.74, 6) is -0.509. The van der Waals surface area contributed by atoms with Crippen molar-refractivity contribution in [3.63, 3.8) is 0 Å². The predicted octanol–water partition coefficient (Wildman–Crippen LogP) is 5.62. The number of carbonyl (C=O) groups excluding carboxylic acids is 2. The molecule has 1 amide bonds. The molecule has 162 valence electrons. The van der Waals surface area contributed by atoms with E-state index < -0.39 is 5.97 Å². The molecular formula is C25H39NO3. The van der Waals surface area contributed by atoms with Crippen LogP contribution in [0.2, 0.25) is 0 Å². The number of hydrogen-bond donors (Lipinski definition) is 0. The average molecular weight is 402 g/mol. The Labute approximate surface area is 177 Å². The average Bonchev–Trinajstić information content (AvgIpc) is 2.65. The van der Waals surface area contributed by atoms with Crippen LogP contribution in [-0.4, -0.2) is 36.0 Å². The second-order valence-electron chi connectivity index (χ2n) is 10.3. The lowest BCUT2D eigenvalue weighted by Crippen LogP contribution is -2.43. The van der Waals surface area contributed by atoms with Gasteiger partial charge >= 0.3 is 5.97 Å².